The molecule has 0 saturated carbocycles. The second-order valence-corrected chi connectivity index (χ2v) is 6.46. The van der Waals surface area contributed by atoms with E-state index in [0.29, 0.717) is 18.5 Å². The highest BCUT2D eigenvalue weighted by molar-refractivity contribution is 14.0. The summed E-state index contributed by atoms with van der Waals surface area (Å²) >= 11 is 0. The van der Waals surface area contributed by atoms with E-state index in [0.717, 1.165) is 36.9 Å². The van der Waals surface area contributed by atoms with Crippen LogP contribution in [0.25, 0.3) is 0 Å². The van der Waals surface area contributed by atoms with Crippen molar-refractivity contribution >= 4 is 29.9 Å². The number of halogens is 1. The molecule has 25 heavy (non-hydrogen) atoms. The lowest BCUT2D eigenvalue weighted by molar-refractivity contribution is 0.189. The first kappa shape index (κ1) is 19.7. The number of aromatic nitrogens is 3. The molecule has 2 aromatic rings. The molecule has 0 spiro atoms. The SMILES string of the molecule is CN=C(NCc1cccc(C)n1)N1CCC(C)C(n2ccnc2)C1.I. The molecule has 1 aliphatic heterocycles. The summed E-state index contributed by atoms with van der Waals surface area (Å²) in [7, 11) is 1.84. The predicted octanol–water partition coefficient (Wildman–Crippen LogP) is 2.86. The lowest BCUT2D eigenvalue weighted by Gasteiger charge is -2.39. The highest BCUT2D eigenvalue weighted by Gasteiger charge is 2.28. The van der Waals surface area contributed by atoms with Crippen LogP contribution < -0.4 is 5.32 Å². The number of pyridine rings is 1. The van der Waals surface area contributed by atoms with Crippen molar-refractivity contribution in [3.63, 3.8) is 0 Å². The van der Waals surface area contributed by atoms with Crippen molar-refractivity contribution in [1.82, 2.24) is 24.8 Å². The highest BCUT2D eigenvalue weighted by atomic mass is 127. The van der Waals surface area contributed by atoms with Crippen LogP contribution in [0.5, 0.6) is 0 Å². The van der Waals surface area contributed by atoms with Gasteiger partial charge in [0.15, 0.2) is 5.96 Å². The monoisotopic (exact) mass is 454 g/mol. The fourth-order valence-corrected chi connectivity index (χ4v) is 3.29. The molecule has 0 radical (unpaired) electrons. The van der Waals surface area contributed by atoms with Crippen LogP contribution in [0.2, 0.25) is 0 Å². The fourth-order valence-electron chi connectivity index (χ4n) is 3.29. The Morgan fingerprint density at radius 1 is 1.40 bits per heavy atom. The molecule has 6 nitrogen and oxygen atoms in total. The topological polar surface area (TPSA) is 58.3 Å². The van der Waals surface area contributed by atoms with E-state index in [9.17, 15) is 0 Å². The number of imidazole rings is 1. The maximum absolute atomic E-state index is 4.54. The average Bonchev–Trinajstić information content (AvgIpc) is 3.11. The third-order valence-electron chi connectivity index (χ3n) is 4.71. The van der Waals surface area contributed by atoms with Crippen LogP contribution in [0.15, 0.2) is 41.9 Å². The molecule has 0 aliphatic carbocycles. The van der Waals surface area contributed by atoms with Crippen LogP contribution in [-0.4, -0.2) is 45.5 Å². The third-order valence-corrected chi connectivity index (χ3v) is 4.71. The minimum atomic E-state index is 0. The maximum Gasteiger partial charge on any atom is 0.194 e. The van der Waals surface area contributed by atoms with Gasteiger partial charge in [0, 0.05) is 38.2 Å². The number of hydrogen-bond donors (Lipinski definition) is 1. The van der Waals surface area contributed by atoms with Crippen LogP contribution in [0.3, 0.4) is 0 Å². The van der Waals surface area contributed by atoms with Gasteiger partial charge in [-0.2, -0.15) is 0 Å². The van der Waals surface area contributed by atoms with Crippen molar-refractivity contribution in [2.24, 2.45) is 10.9 Å². The normalized spacial score (nSPS) is 20.9. The van der Waals surface area contributed by atoms with E-state index in [4.69, 9.17) is 0 Å². The summed E-state index contributed by atoms with van der Waals surface area (Å²) in [6.07, 6.45) is 6.96. The summed E-state index contributed by atoms with van der Waals surface area (Å²) in [5.74, 6) is 1.57. The Balaban J connectivity index is 0.00000225. The van der Waals surface area contributed by atoms with Gasteiger partial charge in [-0.25, -0.2) is 4.98 Å². The molecule has 1 saturated heterocycles. The molecule has 3 rings (SSSR count). The molecule has 7 heteroatoms. The molecule has 136 valence electrons. The first-order valence-electron chi connectivity index (χ1n) is 8.53. The van der Waals surface area contributed by atoms with Gasteiger partial charge in [-0.3, -0.25) is 9.98 Å². The van der Waals surface area contributed by atoms with E-state index in [1.54, 1.807) is 0 Å². The first-order valence-corrected chi connectivity index (χ1v) is 8.53. The summed E-state index contributed by atoms with van der Waals surface area (Å²) in [5, 5.41) is 3.45. The van der Waals surface area contributed by atoms with Gasteiger partial charge < -0.3 is 14.8 Å². The highest BCUT2D eigenvalue weighted by Crippen LogP contribution is 2.27. The molecule has 2 atom stereocenters. The van der Waals surface area contributed by atoms with E-state index in [2.05, 4.69) is 42.9 Å². The molecule has 3 heterocycles. The van der Waals surface area contributed by atoms with Crippen molar-refractivity contribution in [1.29, 1.82) is 0 Å². The Bertz CT molecular complexity index is 685. The first-order chi connectivity index (χ1) is 11.7. The van der Waals surface area contributed by atoms with E-state index >= 15 is 0 Å². The Labute approximate surface area is 166 Å². The van der Waals surface area contributed by atoms with Crippen LogP contribution in [0.4, 0.5) is 0 Å². The molecule has 2 aromatic heterocycles. The third kappa shape index (κ3) is 4.93. The smallest absolute Gasteiger partial charge is 0.194 e. The lowest BCUT2D eigenvalue weighted by atomic mass is 9.93. The molecule has 0 aromatic carbocycles. The van der Waals surface area contributed by atoms with Crippen molar-refractivity contribution in [3.05, 3.63) is 48.3 Å². The zero-order valence-electron chi connectivity index (χ0n) is 15.1. The van der Waals surface area contributed by atoms with Crippen molar-refractivity contribution < 1.29 is 0 Å². The van der Waals surface area contributed by atoms with E-state index in [1.807, 2.05) is 44.7 Å². The van der Waals surface area contributed by atoms with Gasteiger partial charge in [0.2, 0.25) is 0 Å². The fraction of sp³-hybridized carbons (Fsp3) is 0.500. The van der Waals surface area contributed by atoms with Crippen molar-refractivity contribution in [2.75, 3.05) is 20.1 Å². The number of likely N-dealkylation sites (tertiary alicyclic amines) is 1. The van der Waals surface area contributed by atoms with Crippen LogP contribution in [-0.2, 0) is 6.54 Å². The second kappa shape index (κ2) is 9.17. The number of guanidine groups is 1. The van der Waals surface area contributed by atoms with Crippen molar-refractivity contribution in [3.8, 4) is 0 Å². The standard InChI is InChI=1S/C18H26N6.HI/c1-14-7-9-23(12-17(14)24-10-8-20-13-24)18(19-3)21-11-16-6-4-5-15(2)22-16;/h4-6,8,10,13-14,17H,7,9,11-12H2,1-3H3,(H,19,21);1H. The Morgan fingerprint density at radius 2 is 2.24 bits per heavy atom. The van der Waals surface area contributed by atoms with E-state index < -0.39 is 0 Å². The summed E-state index contributed by atoms with van der Waals surface area (Å²) < 4.78 is 2.21. The summed E-state index contributed by atoms with van der Waals surface area (Å²) in [5.41, 5.74) is 2.07. The molecule has 1 aliphatic rings. The number of nitrogens with zero attached hydrogens (tertiary/aromatic N) is 5. The number of nitrogens with one attached hydrogen (secondary N) is 1. The zero-order chi connectivity index (χ0) is 16.9. The Morgan fingerprint density at radius 3 is 2.92 bits per heavy atom. The van der Waals surface area contributed by atoms with Crippen molar-refractivity contribution in [2.45, 2.75) is 32.9 Å². The minimum absolute atomic E-state index is 0. The van der Waals surface area contributed by atoms with Gasteiger partial charge in [-0.05, 0) is 31.4 Å². The molecular weight excluding hydrogens is 427 g/mol. The van der Waals surface area contributed by atoms with Crippen LogP contribution in [0, 0.1) is 12.8 Å². The molecular formula is C18H27IN6. The second-order valence-electron chi connectivity index (χ2n) is 6.46. The molecule has 1 fully saturated rings. The van der Waals surface area contributed by atoms with Gasteiger partial charge in [0.05, 0.1) is 24.6 Å². The minimum Gasteiger partial charge on any atom is -0.351 e. The largest absolute Gasteiger partial charge is 0.351 e. The van der Waals surface area contributed by atoms with Gasteiger partial charge >= 0.3 is 0 Å². The van der Waals surface area contributed by atoms with Gasteiger partial charge in [0.1, 0.15) is 0 Å². The number of aliphatic imine (C=N–C) groups is 1. The van der Waals surface area contributed by atoms with Gasteiger partial charge in [-0.15, -0.1) is 24.0 Å². The zero-order valence-corrected chi connectivity index (χ0v) is 17.4. The molecule has 0 bridgehead atoms. The Hall–Kier alpha value is -1.64. The lowest BCUT2D eigenvalue weighted by Crippen LogP contribution is -2.48. The number of piperidine rings is 1. The van der Waals surface area contributed by atoms with Gasteiger partial charge in [-0.1, -0.05) is 13.0 Å². The Kier molecular flexibility index (Phi) is 7.22. The number of aryl methyl sites for hydroxylation is 1. The summed E-state index contributed by atoms with van der Waals surface area (Å²) in [6.45, 7) is 6.98. The predicted molar refractivity (Wildman–Crippen MR) is 111 cm³/mol. The van der Waals surface area contributed by atoms with Crippen LogP contribution in [0.1, 0.15) is 30.8 Å². The maximum atomic E-state index is 4.54. The molecule has 2 unspecified atom stereocenters. The number of rotatable bonds is 3. The molecule has 1 N–H and O–H groups in total. The summed E-state index contributed by atoms with van der Waals surface area (Å²) in [6, 6.07) is 6.52. The quantitative estimate of drug-likeness (QED) is 0.440. The van der Waals surface area contributed by atoms with E-state index in [1.165, 1.54) is 0 Å². The average molecular weight is 454 g/mol. The number of hydrogen-bond acceptors (Lipinski definition) is 3. The van der Waals surface area contributed by atoms with Gasteiger partial charge in [0.25, 0.3) is 0 Å². The molecule has 0 amide bonds. The van der Waals surface area contributed by atoms with Crippen LogP contribution >= 0.6 is 24.0 Å². The summed E-state index contributed by atoms with van der Waals surface area (Å²) in [4.78, 5) is 15.5. The van der Waals surface area contributed by atoms with E-state index in [-0.39, 0.29) is 24.0 Å².